The van der Waals surface area contributed by atoms with Crippen molar-refractivity contribution in [1.82, 2.24) is 10.6 Å². The fourth-order valence-corrected chi connectivity index (χ4v) is 2.74. The van der Waals surface area contributed by atoms with Crippen molar-refractivity contribution in [3.05, 3.63) is 65.0 Å². The lowest BCUT2D eigenvalue weighted by atomic mass is 10.0. The van der Waals surface area contributed by atoms with Gasteiger partial charge in [-0.25, -0.2) is 4.85 Å². The summed E-state index contributed by atoms with van der Waals surface area (Å²) in [6.07, 6.45) is 0. The Bertz CT molecular complexity index is 751. The summed E-state index contributed by atoms with van der Waals surface area (Å²) in [4.78, 5) is 3.42. The van der Waals surface area contributed by atoms with E-state index in [-0.39, 0.29) is 0 Å². The van der Waals surface area contributed by atoms with Gasteiger partial charge in [-0.2, -0.15) is 0 Å². The number of nitrogens with one attached hydrogen (secondary N) is 2. The minimum absolute atomic E-state index is 0.409. The summed E-state index contributed by atoms with van der Waals surface area (Å²) in [6.45, 7) is 11.6. The summed E-state index contributed by atoms with van der Waals surface area (Å²) >= 11 is 0. The van der Waals surface area contributed by atoms with E-state index in [9.17, 15) is 0 Å². The highest BCUT2D eigenvalue weighted by Crippen LogP contribution is 2.26. The average molecular weight is 337 g/mol. The van der Waals surface area contributed by atoms with E-state index in [1.165, 1.54) is 5.56 Å². The molecule has 0 radical (unpaired) electrons. The summed E-state index contributed by atoms with van der Waals surface area (Å²) in [5.74, 6) is 2.27. The molecule has 1 fully saturated rings. The van der Waals surface area contributed by atoms with Gasteiger partial charge in [0, 0.05) is 31.7 Å². The van der Waals surface area contributed by atoms with Gasteiger partial charge < -0.3 is 20.1 Å². The second-order valence-electron chi connectivity index (χ2n) is 6.20. The molecular formula is C20H23N3O2. The van der Waals surface area contributed by atoms with Gasteiger partial charge in [-0.15, -0.1) is 0 Å². The second kappa shape index (κ2) is 8.52. The molecule has 2 aromatic carbocycles. The Labute approximate surface area is 148 Å². The molecule has 0 amide bonds. The Hall–Kier alpha value is -2.55. The Kier molecular flexibility index (Phi) is 5.89. The number of ether oxygens (including phenoxy) is 2. The van der Waals surface area contributed by atoms with E-state index in [0.29, 0.717) is 18.0 Å². The molecular weight excluding hydrogens is 314 g/mol. The Morgan fingerprint density at radius 2 is 2.12 bits per heavy atom. The van der Waals surface area contributed by atoms with Crippen LogP contribution in [-0.2, 0) is 13.2 Å². The summed E-state index contributed by atoms with van der Waals surface area (Å²) in [5.41, 5.74) is 2.70. The molecule has 0 unspecified atom stereocenters. The summed E-state index contributed by atoms with van der Waals surface area (Å²) in [7, 11) is 1.61. The van der Waals surface area contributed by atoms with E-state index < -0.39 is 0 Å². The quantitative estimate of drug-likeness (QED) is 0.727. The fraction of sp³-hybridized carbons (Fsp3) is 0.350. The minimum Gasteiger partial charge on any atom is -0.498 e. The lowest BCUT2D eigenvalue weighted by Crippen LogP contribution is -2.47. The Balaban J connectivity index is 1.56. The van der Waals surface area contributed by atoms with E-state index in [0.717, 1.165) is 43.4 Å². The van der Waals surface area contributed by atoms with Gasteiger partial charge >= 0.3 is 0 Å². The van der Waals surface area contributed by atoms with Crippen molar-refractivity contribution in [2.24, 2.45) is 5.92 Å². The van der Waals surface area contributed by atoms with Crippen LogP contribution in [0.3, 0.4) is 0 Å². The van der Waals surface area contributed by atoms with Gasteiger partial charge in [0.05, 0.1) is 13.7 Å². The van der Waals surface area contributed by atoms with Crippen molar-refractivity contribution < 1.29 is 9.47 Å². The molecule has 0 aliphatic carbocycles. The highest BCUT2D eigenvalue weighted by molar-refractivity contribution is 5.52. The van der Waals surface area contributed by atoms with Gasteiger partial charge in [-0.1, -0.05) is 24.3 Å². The maximum absolute atomic E-state index is 7.07. The van der Waals surface area contributed by atoms with Crippen LogP contribution in [0.4, 0.5) is 5.69 Å². The molecule has 2 aromatic rings. The third-order valence-corrected chi connectivity index (χ3v) is 4.32. The highest BCUT2D eigenvalue weighted by atomic mass is 16.5. The molecule has 1 aliphatic rings. The molecule has 2 N–H and O–H groups in total. The molecule has 0 bridgehead atoms. The Morgan fingerprint density at radius 1 is 1.24 bits per heavy atom. The van der Waals surface area contributed by atoms with E-state index >= 15 is 0 Å². The van der Waals surface area contributed by atoms with E-state index in [2.05, 4.69) is 27.6 Å². The van der Waals surface area contributed by atoms with Crippen LogP contribution in [0.5, 0.6) is 11.5 Å². The summed E-state index contributed by atoms with van der Waals surface area (Å²) in [6, 6.07) is 13.5. The number of benzene rings is 2. The van der Waals surface area contributed by atoms with Crippen molar-refractivity contribution >= 4 is 5.69 Å². The van der Waals surface area contributed by atoms with Gasteiger partial charge in [0.1, 0.15) is 18.1 Å². The zero-order valence-corrected chi connectivity index (χ0v) is 14.4. The normalized spacial score (nSPS) is 13.8. The van der Waals surface area contributed by atoms with Crippen molar-refractivity contribution in [3.63, 3.8) is 0 Å². The monoisotopic (exact) mass is 337 g/mol. The number of rotatable bonds is 8. The Morgan fingerprint density at radius 3 is 2.84 bits per heavy atom. The van der Waals surface area contributed by atoms with Crippen LogP contribution in [0.15, 0.2) is 42.5 Å². The van der Waals surface area contributed by atoms with Gasteiger partial charge in [0.2, 0.25) is 0 Å². The first-order valence-electron chi connectivity index (χ1n) is 8.46. The fourth-order valence-electron chi connectivity index (χ4n) is 2.74. The smallest absolute Gasteiger partial charge is 0.190 e. The molecule has 3 rings (SSSR count). The maximum Gasteiger partial charge on any atom is 0.190 e. The summed E-state index contributed by atoms with van der Waals surface area (Å²) in [5, 5.41) is 6.77. The predicted octanol–water partition coefficient (Wildman–Crippen LogP) is 3.13. The molecule has 5 heteroatoms. The van der Waals surface area contributed by atoms with Gasteiger partial charge in [0.15, 0.2) is 5.69 Å². The van der Waals surface area contributed by atoms with Crippen molar-refractivity contribution in [2.45, 2.75) is 13.2 Å². The minimum atomic E-state index is 0.409. The van der Waals surface area contributed by atoms with Gasteiger partial charge in [-0.05, 0) is 29.7 Å². The molecule has 25 heavy (non-hydrogen) atoms. The molecule has 1 saturated heterocycles. The van der Waals surface area contributed by atoms with Crippen molar-refractivity contribution in [3.8, 4) is 11.5 Å². The molecule has 1 heterocycles. The van der Waals surface area contributed by atoms with E-state index in [1.54, 1.807) is 19.2 Å². The maximum atomic E-state index is 7.07. The van der Waals surface area contributed by atoms with Gasteiger partial charge in [0.25, 0.3) is 0 Å². The average Bonchev–Trinajstić information content (AvgIpc) is 2.62. The lowest BCUT2D eigenvalue weighted by molar-refractivity contribution is 0.296. The second-order valence-corrected chi connectivity index (χ2v) is 6.20. The van der Waals surface area contributed by atoms with Crippen LogP contribution in [0.2, 0.25) is 0 Å². The van der Waals surface area contributed by atoms with Crippen molar-refractivity contribution in [1.29, 1.82) is 0 Å². The molecule has 5 nitrogen and oxygen atoms in total. The third kappa shape index (κ3) is 4.72. The van der Waals surface area contributed by atoms with Crippen LogP contribution in [-0.4, -0.2) is 26.7 Å². The number of hydrogen-bond donors (Lipinski definition) is 2. The lowest BCUT2D eigenvalue weighted by Gasteiger charge is -2.27. The zero-order valence-electron chi connectivity index (χ0n) is 14.4. The van der Waals surface area contributed by atoms with Crippen LogP contribution in [0.25, 0.3) is 4.85 Å². The first-order valence-corrected chi connectivity index (χ1v) is 8.46. The molecule has 1 aliphatic heterocycles. The van der Waals surface area contributed by atoms with Crippen LogP contribution < -0.4 is 20.1 Å². The first-order chi connectivity index (χ1) is 12.3. The molecule has 0 aromatic heterocycles. The number of hydrogen-bond acceptors (Lipinski definition) is 4. The van der Waals surface area contributed by atoms with Crippen LogP contribution in [0, 0.1) is 12.5 Å². The van der Waals surface area contributed by atoms with Crippen molar-refractivity contribution in [2.75, 3.05) is 26.7 Å². The summed E-state index contributed by atoms with van der Waals surface area (Å²) < 4.78 is 11.3. The van der Waals surface area contributed by atoms with Gasteiger partial charge in [-0.3, -0.25) is 0 Å². The van der Waals surface area contributed by atoms with Crippen LogP contribution in [0.1, 0.15) is 11.1 Å². The molecule has 130 valence electrons. The SMILES string of the molecule is [C-]#[N+]c1ccc(COc2cccc(CNCC3CNC3)c2)c(OC)c1. The zero-order chi connectivity index (χ0) is 17.5. The molecule has 0 spiro atoms. The predicted molar refractivity (Wildman–Crippen MR) is 98.1 cm³/mol. The highest BCUT2D eigenvalue weighted by Gasteiger charge is 2.15. The first kappa shape index (κ1) is 17.3. The molecule has 0 saturated carbocycles. The number of nitrogens with zero attached hydrogens (tertiary/aromatic N) is 1. The number of methoxy groups -OCH3 is 1. The van der Waals surface area contributed by atoms with E-state index in [4.69, 9.17) is 16.0 Å². The van der Waals surface area contributed by atoms with E-state index in [1.807, 2.05) is 18.2 Å². The topological polar surface area (TPSA) is 46.9 Å². The third-order valence-electron chi connectivity index (χ3n) is 4.32. The largest absolute Gasteiger partial charge is 0.498 e. The molecule has 0 atom stereocenters. The standard InChI is InChI=1S/C20H23N3O2/c1-21-18-7-6-17(20(9-18)24-2)14-25-19-5-3-4-15(8-19)10-22-11-16-12-23-13-16/h3-9,16,22-23H,10-14H2,2H3. The van der Waals surface area contributed by atoms with Crippen LogP contribution >= 0.6 is 0 Å².